The molecule has 0 saturated heterocycles. The first kappa shape index (κ1) is 29.8. The molecule has 12 heteroatoms. The third kappa shape index (κ3) is 7.95. The van der Waals surface area contributed by atoms with Crippen LogP contribution in [0.25, 0.3) is 0 Å². The molecule has 216 valence electrons. The fraction of sp³-hybridized carbons (Fsp3) is 0.241. The van der Waals surface area contributed by atoms with E-state index in [0.717, 1.165) is 23.4 Å². The van der Waals surface area contributed by atoms with Gasteiger partial charge in [-0.2, -0.15) is 13.2 Å². The van der Waals surface area contributed by atoms with Crippen molar-refractivity contribution in [1.29, 1.82) is 0 Å². The molecule has 1 aliphatic heterocycles. The first-order valence-electron chi connectivity index (χ1n) is 12.8. The van der Waals surface area contributed by atoms with Crippen LogP contribution >= 0.6 is 0 Å². The molecule has 0 saturated carbocycles. The quantitative estimate of drug-likeness (QED) is 0.282. The van der Waals surface area contributed by atoms with Gasteiger partial charge in [-0.05, 0) is 42.2 Å². The topological polar surface area (TPSA) is 115 Å². The molecule has 3 N–H and O–H groups in total. The van der Waals surface area contributed by atoms with E-state index >= 15 is 0 Å². The Morgan fingerprint density at radius 3 is 2.20 bits per heavy atom. The monoisotopic (exact) mass is 586 g/mol. The van der Waals surface area contributed by atoms with Gasteiger partial charge in [0.05, 0.1) is 22.2 Å². The number of anilines is 1. The average molecular weight is 587 g/mol. The number of halogens is 3. The van der Waals surface area contributed by atoms with Crippen LogP contribution in [-0.2, 0) is 33.9 Å². The summed E-state index contributed by atoms with van der Waals surface area (Å²) in [6, 6.07) is 27.1. The number of alkyl halides is 3. The predicted octanol–water partition coefficient (Wildman–Crippen LogP) is 4.92. The molecule has 1 aliphatic rings. The highest BCUT2D eigenvalue weighted by Crippen LogP contribution is 2.29. The summed E-state index contributed by atoms with van der Waals surface area (Å²) in [6.45, 7) is 0.373. The smallest absolute Gasteiger partial charge is 0.475 e. The molecule has 8 nitrogen and oxygen atoms in total. The van der Waals surface area contributed by atoms with Crippen LogP contribution in [0.3, 0.4) is 0 Å². The lowest BCUT2D eigenvalue weighted by atomic mass is 10.0. The minimum Gasteiger partial charge on any atom is -0.475 e. The highest BCUT2D eigenvalue weighted by atomic mass is 32.2. The maximum atomic E-state index is 13.7. The van der Waals surface area contributed by atoms with Gasteiger partial charge in [-0.15, -0.1) is 0 Å². The number of rotatable bonds is 7. The van der Waals surface area contributed by atoms with Crippen molar-refractivity contribution < 1.29 is 31.5 Å². The summed E-state index contributed by atoms with van der Waals surface area (Å²) >= 11 is 0. The van der Waals surface area contributed by atoms with Crippen LogP contribution < -0.4 is 5.43 Å². The van der Waals surface area contributed by atoms with Gasteiger partial charge in [0, 0.05) is 30.9 Å². The number of benzene rings is 3. The Balaban J connectivity index is 0.000000493. The summed E-state index contributed by atoms with van der Waals surface area (Å²) < 4.78 is 59.2. The van der Waals surface area contributed by atoms with Crippen molar-refractivity contribution in [1.82, 2.24) is 15.0 Å². The van der Waals surface area contributed by atoms with E-state index in [2.05, 4.69) is 32.5 Å². The lowest BCUT2D eigenvalue weighted by Crippen LogP contribution is -2.47. The zero-order valence-electron chi connectivity index (χ0n) is 21.8. The number of hydrogen-bond acceptors (Lipinski definition) is 6. The molecule has 1 aromatic heterocycles. The van der Waals surface area contributed by atoms with Crippen molar-refractivity contribution >= 4 is 21.5 Å². The Morgan fingerprint density at radius 1 is 0.976 bits per heavy atom. The van der Waals surface area contributed by atoms with E-state index in [1.165, 1.54) is 5.56 Å². The van der Waals surface area contributed by atoms with Gasteiger partial charge >= 0.3 is 12.1 Å². The predicted molar refractivity (Wildman–Crippen MR) is 148 cm³/mol. The normalized spacial score (nSPS) is 16.3. The number of carboxylic acids is 1. The first-order valence-corrected chi connectivity index (χ1v) is 14.3. The second kappa shape index (κ2) is 13.0. The molecular formula is C29H29F3N4O4S. The maximum absolute atomic E-state index is 13.7. The molecule has 0 radical (unpaired) electrons. The van der Waals surface area contributed by atoms with Crippen molar-refractivity contribution in [2.24, 2.45) is 0 Å². The Bertz CT molecular complexity index is 1520. The molecule has 0 aliphatic carbocycles. The van der Waals surface area contributed by atoms with E-state index in [0.29, 0.717) is 24.3 Å². The number of aliphatic carboxylic acids is 1. The maximum Gasteiger partial charge on any atom is 0.490 e. The van der Waals surface area contributed by atoms with Gasteiger partial charge in [-0.3, -0.25) is 0 Å². The first-order chi connectivity index (χ1) is 19.5. The van der Waals surface area contributed by atoms with Gasteiger partial charge < -0.3 is 15.5 Å². The number of hydrogen-bond donors (Lipinski definition) is 3. The Morgan fingerprint density at radius 2 is 1.59 bits per heavy atom. The van der Waals surface area contributed by atoms with Crippen LogP contribution in [0.4, 0.5) is 18.9 Å². The number of hydrazine groups is 1. The van der Waals surface area contributed by atoms with Gasteiger partial charge in [-0.1, -0.05) is 66.7 Å². The van der Waals surface area contributed by atoms with Crippen molar-refractivity contribution in [3.8, 4) is 0 Å². The van der Waals surface area contributed by atoms with Crippen LogP contribution in [0.5, 0.6) is 0 Å². The Hall–Kier alpha value is -4.16. The summed E-state index contributed by atoms with van der Waals surface area (Å²) in [5, 5.41) is 8.66. The second-order valence-corrected chi connectivity index (χ2v) is 11.8. The zero-order chi connectivity index (χ0) is 29.5. The fourth-order valence-corrected chi connectivity index (χ4v) is 6.29. The average Bonchev–Trinajstić information content (AvgIpc) is 3.38. The molecule has 3 aromatic carbocycles. The van der Waals surface area contributed by atoms with E-state index in [4.69, 9.17) is 9.90 Å². The standard InChI is InChI=1S/C27H28N4O2S.C2HF3O2/c32-34(33,25-12-5-2-6-13-25)26-16-22-11-7-8-14-27(22)30-31(19-26)24(17-23-18-28-20-29-23)15-21-9-3-1-4-10-21;3-2(4,5)1(6)7/h1-14,18,20,24,26,30H,15-17,19H2,(H,28,29);(H,6,7). The number of aromatic amines is 1. The van der Waals surface area contributed by atoms with Crippen LogP contribution in [-0.4, -0.2) is 58.5 Å². The molecule has 4 aromatic rings. The molecule has 0 fully saturated rings. The molecule has 41 heavy (non-hydrogen) atoms. The number of imidazole rings is 1. The van der Waals surface area contributed by atoms with Gasteiger partial charge in [0.2, 0.25) is 0 Å². The molecule has 0 bridgehead atoms. The third-order valence-electron chi connectivity index (χ3n) is 6.65. The summed E-state index contributed by atoms with van der Waals surface area (Å²) in [6.07, 6.45) is 0.374. The molecule has 0 spiro atoms. The van der Waals surface area contributed by atoms with Crippen LogP contribution in [0.1, 0.15) is 16.8 Å². The number of para-hydroxylation sites is 1. The number of aromatic nitrogens is 2. The van der Waals surface area contributed by atoms with Gasteiger partial charge in [-0.25, -0.2) is 23.2 Å². The largest absolute Gasteiger partial charge is 0.490 e. The van der Waals surface area contributed by atoms with E-state index in [-0.39, 0.29) is 6.04 Å². The van der Waals surface area contributed by atoms with Gasteiger partial charge in [0.15, 0.2) is 9.84 Å². The SMILES string of the molecule is O=C(O)C(F)(F)F.O=S(=O)(c1ccccc1)C1Cc2ccccc2NN(C(Cc2ccccc2)Cc2cnc[nH]2)C1. The number of carboxylic acid groups (broad SMARTS) is 1. The zero-order valence-corrected chi connectivity index (χ0v) is 22.6. The summed E-state index contributed by atoms with van der Waals surface area (Å²) in [7, 11) is -3.53. The third-order valence-corrected chi connectivity index (χ3v) is 8.77. The van der Waals surface area contributed by atoms with Crippen molar-refractivity contribution in [2.45, 2.75) is 41.6 Å². The minimum atomic E-state index is -5.08. The van der Waals surface area contributed by atoms with Crippen molar-refractivity contribution in [3.63, 3.8) is 0 Å². The van der Waals surface area contributed by atoms with Gasteiger partial charge in [0.1, 0.15) is 0 Å². The highest BCUT2D eigenvalue weighted by Gasteiger charge is 2.38. The number of nitrogens with zero attached hydrogens (tertiary/aromatic N) is 2. The molecule has 2 heterocycles. The molecular weight excluding hydrogens is 557 g/mol. The molecule has 2 atom stereocenters. The number of fused-ring (bicyclic) bond motifs is 1. The minimum absolute atomic E-state index is 0.0162. The lowest BCUT2D eigenvalue weighted by Gasteiger charge is -2.33. The molecule has 2 unspecified atom stereocenters. The highest BCUT2D eigenvalue weighted by molar-refractivity contribution is 7.92. The second-order valence-electron chi connectivity index (χ2n) is 9.53. The molecule has 0 amide bonds. The van der Waals surface area contributed by atoms with Gasteiger partial charge in [0.25, 0.3) is 0 Å². The lowest BCUT2D eigenvalue weighted by molar-refractivity contribution is -0.192. The van der Waals surface area contributed by atoms with E-state index in [1.54, 1.807) is 30.6 Å². The number of sulfone groups is 1. The Labute approximate surface area is 235 Å². The summed E-state index contributed by atoms with van der Waals surface area (Å²) in [5.74, 6) is -2.76. The fourth-order valence-electron chi connectivity index (χ4n) is 4.62. The number of nitrogens with one attached hydrogen (secondary N) is 2. The van der Waals surface area contributed by atoms with E-state index < -0.39 is 27.2 Å². The van der Waals surface area contributed by atoms with Crippen molar-refractivity contribution in [3.05, 3.63) is 114 Å². The Kier molecular flexibility index (Phi) is 9.46. The van der Waals surface area contributed by atoms with Crippen LogP contribution in [0, 0.1) is 0 Å². The van der Waals surface area contributed by atoms with E-state index in [9.17, 15) is 21.6 Å². The number of carbonyl (C=O) groups is 1. The van der Waals surface area contributed by atoms with E-state index in [1.807, 2.05) is 54.7 Å². The summed E-state index contributed by atoms with van der Waals surface area (Å²) in [5.41, 5.74) is 7.76. The molecule has 5 rings (SSSR count). The van der Waals surface area contributed by atoms with Crippen LogP contribution in [0.15, 0.2) is 102 Å². The summed E-state index contributed by atoms with van der Waals surface area (Å²) in [4.78, 5) is 16.7. The van der Waals surface area contributed by atoms with Crippen LogP contribution in [0.2, 0.25) is 0 Å². The number of H-pyrrole nitrogens is 1. The van der Waals surface area contributed by atoms with Crippen molar-refractivity contribution in [2.75, 3.05) is 12.0 Å².